The highest BCUT2D eigenvalue weighted by atomic mass is 15.3. The molecule has 0 unspecified atom stereocenters. The molecular formula is C76H146N10. The van der Waals surface area contributed by atoms with Crippen molar-refractivity contribution >= 4 is 5.69 Å². The van der Waals surface area contributed by atoms with E-state index in [1.54, 1.807) is 0 Å². The summed E-state index contributed by atoms with van der Waals surface area (Å²) in [6.07, 6.45) is 22.6. The lowest BCUT2D eigenvalue weighted by molar-refractivity contribution is 0.126. The third-order valence-corrected chi connectivity index (χ3v) is 20.0. The van der Waals surface area contributed by atoms with Crippen LogP contribution in [0.3, 0.4) is 0 Å². The van der Waals surface area contributed by atoms with Crippen LogP contribution in [-0.2, 0) is 0 Å². The molecule has 0 spiro atoms. The number of hydrogen-bond acceptors (Lipinski definition) is 10. The van der Waals surface area contributed by atoms with Crippen molar-refractivity contribution < 1.29 is 0 Å². The van der Waals surface area contributed by atoms with Crippen LogP contribution >= 0.6 is 0 Å². The second-order valence-electron chi connectivity index (χ2n) is 29.3. The SMILES string of the molecule is CC(C)N1CCC(c2ccccc2)CC1.CC(C)N1CCCC1.CC(C)N1CCCCC1.CC(C)N1CCCCC1.CC(C)N1CCCCCC1.CC(C)N1CCN(C)CC1.CC(C)N1CCN(c2ccccc2)CC1.CC1CCN(C(C)C)CC1. The Morgan fingerprint density at radius 3 is 0.826 bits per heavy atom. The molecule has 10 rings (SSSR count). The fourth-order valence-electron chi connectivity index (χ4n) is 13.2. The maximum Gasteiger partial charge on any atom is 0.0367 e. The average Bonchev–Trinajstić information content (AvgIpc) is 4.08. The standard InChI is InChI=1S/C14H21N.C13H20N2.2C9H19N.C8H18N2.2C8H17N.C7H15N/c1-12(2)15-10-8-14(9-11-15)13-6-4-3-5-7-13;1-12(2)14-8-10-15(11-9-14)13-6-4-3-5-7-13;1-8(2)10-6-4-9(3)5-7-10;1-9(2)10-7-5-3-4-6-8-10;1-8(2)10-6-4-9(3)5-7-10;2*1-8(2)9-6-4-3-5-7-9;1-7(2)8-5-3-4-6-8/h3-7,12,14H,8-11H2,1-2H3;3-7,12H,8-11H2,1-2H3;8-9H,4-7H2,1-3H3;9H,3-8H2,1-2H3;8H,4-7H2,1-3H3;2*8H,3-7H2,1-2H3;7H,3-6H2,1-2H3. The van der Waals surface area contributed by atoms with Gasteiger partial charge in [0.25, 0.3) is 0 Å². The molecule has 0 aromatic heterocycles. The Hall–Kier alpha value is -2.12. The number of likely N-dealkylation sites (N-methyl/N-ethyl adjacent to an activating group) is 1. The zero-order valence-corrected chi connectivity index (χ0v) is 60.5. The summed E-state index contributed by atoms with van der Waals surface area (Å²) in [5, 5.41) is 0. The predicted molar refractivity (Wildman–Crippen MR) is 382 cm³/mol. The van der Waals surface area contributed by atoms with Crippen LogP contribution < -0.4 is 4.90 Å². The zero-order chi connectivity index (χ0) is 63.2. The van der Waals surface area contributed by atoms with Gasteiger partial charge in [0.05, 0.1) is 0 Å². The first-order valence-corrected chi connectivity index (χ1v) is 36.6. The number of benzene rings is 2. The van der Waals surface area contributed by atoms with Gasteiger partial charge in [0.1, 0.15) is 0 Å². The number of rotatable bonds is 10. The molecule has 8 heterocycles. The minimum absolute atomic E-state index is 0.683. The molecule has 2 aromatic carbocycles. The fraction of sp³-hybridized carbons (Fsp3) is 0.842. The van der Waals surface area contributed by atoms with Gasteiger partial charge < -0.3 is 39.2 Å². The highest BCUT2D eigenvalue weighted by Gasteiger charge is 2.23. The van der Waals surface area contributed by atoms with Crippen LogP contribution in [0.1, 0.15) is 232 Å². The third-order valence-electron chi connectivity index (χ3n) is 20.0. The summed E-state index contributed by atoms with van der Waals surface area (Å²) >= 11 is 0. The Bertz CT molecular complexity index is 1690. The molecule has 0 N–H and O–H groups in total. The van der Waals surface area contributed by atoms with Gasteiger partial charge in [-0.2, -0.15) is 0 Å². The van der Waals surface area contributed by atoms with E-state index in [4.69, 9.17) is 0 Å². The van der Waals surface area contributed by atoms with E-state index in [0.29, 0.717) is 12.1 Å². The normalized spacial score (nSPS) is 21.9. The molecule has 8 aliphatic heterocycles. The van der Waals surface area contributed by atoms with E-state index in [9.17, 15) is 0 Å². The van der Waals surface area contributed by atoms with Crippen molar-refractivity contribution in [3.8, 4) is 0 Å². The van der Waals surface area contributed by atoms with Crippen LogP contribution in [0.4, 0.5) is 5.69 Å². The molecule has 8 fully saturated rings. The molecule has 0 saturated carbocycles. The molecule has 0 aliphatic carbocycles. The molecule has 86 heavy (non-hydrogen) atoms. The highest BCUT2D eigenvalue weighted by molar-refractivity contribution is 5.46. The summed E-state index contributed by atoms with van der Waals surface area (Å²) in [4.78, 5) is 25.3. The molecule has 8 saturated heterocycles. The van der Waals surface area contributed by atoms with Crippen molar-refractivity contribution in [3.63, 3.8) is 0 Å². The van der Waals surface area contributed by atoms with Gasteiger partial charge in [-0.1, -0.05) is 81.1 Å². The van der Waals surface area contributed by atoms with Crippen molar-refractivity contribution in [3.05, 3.63) is 66.2 Å². The molecule has 10 heteroatoms. The third kappa shape index (κ3) is 33.8. The Morgan fingerprint density at radius 1 is 0.267 bits per heavy atom. The number of nitrogens with zero attached hydrogens (tertiary/aromatic N) is 10. The summed E-state index contributed by atoms with van der Waals surface area (Å²) < 4.78 is 0. The van der Waals surface area contributed by atoms with Gasteiger partial charge in [-0.15, -0.1) is 0 Å². The summed E-state index contributed by atoms with van der Waals surface area (Å²) in [6, 6.07) is 27.6. The van der Waals surface area contributed by atoms with E-state index in [1.165, 1.54) is 232 Å². The van der Waals surface area contributed by atoms with Crippen LogP contribution in [-0.4, -0.2) is 230 Å². The van der Waals surface area contributed by atoms with Gasteiger partial charge in [0.2, 0.25) is 0 Å². The first kappa shape index (κ1) is 78.1. The van der Waals surface area contributed by atoms with Crippen molar-refractivity contribution in [1.29, 1.82) is 0 Å². The molecule has 0 atom stereocenters. The molecule has 8 aliphatic rings. The number of para-hydroxylation sites is 1. The van der Waals surface area contributed by atoms with Crippen molar-refractivity contribution in [2.75, 3.05) is 143 Å². The monoisotopic (exact) mass is 1200 g/mol. The van der Waals surface area contributed by atoms with Gasteiger partial charge in [-0.3, -0.25) is 9.80 Å². The topological polar surface area (TPSA) is 32.4 Å². The molecule has 10 nitrogen and oxygen atoms in total. The molecule has 500 valence electrons. The second kappa shape index (κ2) is 46.0. The lowest BCUT2D eigenvalue weighted by atomic mass is 9.89. The van der Waals surface area contributed by atoms with E-state index < -0.39 is 0 Å². The van der Waals surface area contributed by atoms with Gasteiger partial charge in [0, 0.05) is 106 Å². The van der Waals surface area contributed by atoms with Crippen LogP contribution in [0, 0.1) is 5.92 Å². The summed E-state index contributed by atoms with van der Waals surface area (Å²) in [6.45, 7) is 64.3. The number of hydrogen-bond donors (Lipinski definition) is 0. The smallest absolute Gasteiger partial charge is 0.0367 e. The average molecular weight is 1200 g/mol. The number of piperazine rings is 2. The van der Waals surface area contributed by atoms with Crippen molar-refractivity contribution in [2.45, 2.75) is 275 Å². The van der Waals surface area contributed by atoms with E-state index in [2.05, 4.69) is 234 Å². The quantitative estimate of drug-likeness (QED) is 0.229. The minimum Gasteiger partial charge on any atom is -0.369 e. The summed E-state index contributed by atoms with van der Waals surface area (Å²) in [7, 11) is 2.19. The first-order valence-electron chi connectivity index (χ1n) is 36.6. The van der Waals surface area contributed by atoms with Gasteiger partial charge in [-0.05, 0) is 303 Å². The van der Waals surface area contributed by atoms with Gasteiger partial charge >= 0.3 is 0 Å². The maximum absolute atomic E-state index is 2.59. The van der Waals surface area contributed by atoms with Gasteiger partial charge in [-0.25, -0.2) is 0 Å². The summed E-state index contributed by atoms with van der Waals surface area (Å²) in [5.74, 6) is 1.76. The molecule has 0 amide bonds. The first-order chi connectivity index (χ1) is 41.2. The molecular weight excluding hydrogens is 1050 g/mol. The van der Waals surface area contributed by atoms with E-state index in [0.717, 1.165) is 61.2 Å². The van der Waals surface area contributed by atoms with Crippen molar-refractivity contribution in [1.82, 2.24) is 44.1 Å². The van der Waals surface area contributed by atoms with Crippen LogP contribution in [0.15, 0.2) is 60.7 Å². The lowest BCUT2D eigenvalue weighted by Gasteiger charge is -2.38. The van der Waals surface area contributed by atoms with Crippen LogP contribution in [0.5, 0.6) is 0 Å². The number of anilines is 1. The largest absolute Gasteiger partial charge is 0.369 e. The Kier molecular flexibility index (Phi) is 41.8. The Balaban J connectivity index is 0.000000260. The Morgan fingerprint density at radius 2 is 0.512 bits per heavy atom. The van der Waals surface area contributed by atoms with E-state index in [-0.39, 0.29) is 0 Å². The fourth-order valence-corrected chi connectivity index (χ4v) is 13.2. The van der Waals surface area contributed by atoms with Crippen molar-refractivity contribution in [2.24, 2.45) is 5.92 Å². The highest BCUT2D eigenvalue weighted by Crippen LogP contribution is 2.28. The summed E-state index contributed by atoms with van der Waals surface area (Å²) in [5.41, 5.74) is 2.89. The lowest BCUT2D eigenvalue weighted by Crippen LogP contribution is -2.48. The van der Waals surface area contributed by atoms with E-state index >= 15 is 0 Å². The maximum atomic E-state index is 2.59. The van der Waals surface area contributed by atoms with E-state index in [1.807, 2.05) is 0 Å². The molecule has 0 bridgehead atoms. The minimum atomic E-state index is 0.683. The second-order valence-corrected chi connectivity index (χ2v) is 29.3. The molecule has 2 aromatic rings. The van der Waals surface area contributed by atoms with Crippen LogP contribution in [0.25, 0.3) is 0 Å². The van der Waals surface area contributed by atoms with Crippen LogP contribution in [0.2, 0.25) is 0 Å². The van der Waals surface area contributed by atoms with Gasteiger partial charge in [0.15, 0.2) is 0 Å². The number of likely N-dealkylation sites (tertiary alicyclic amines) is 6. The predicted octanol–water partition coefficient (Wildman–Crippen LogP) is 15.8. The number of piperidine rings is 4. The zero-order valence-electron chi connectivity index (χ0n) is 60.5. The molecule has 0 radical (unpaired) electrons. The Labute approximate surface area is 536 Å².